The number of hydrogen-bond acceptors (Lipinski definition) is 4. The van der Waals surface area contributed by atoms with E-state index in [1.54, 1.807) is 31.4 Å². The van der Waals surface area contributed by atoms with Crippen molar-refractivity contribution >= 4 is 28.1 Å². The molecule has 26 heavy (non-hydrogen) atoms. The Morgan fingerprint density at radius 2 is 1.69 bits per heavy atom. The molecule has 0 unspecified atom stereocenters. The number of fused-ring (bicyclic) bond motifs is 1. The van der Waals surface area contributed by atoms with Gasteiger partial charge in [-0.15, -0.1) is 0 Å². The minimum atomic E-state index is -0.481. The number of carbonyl (C=O) groups is 1. The zero-order valence-electron chi connectivity index (χ0n) is 14.2. The van der Waals surface area contributed by atoms with Gasteiger partial charge in [0.2, 0.25) is 0 Å². The molecule has 128 valence electrons. The Hall–Kier alpha value is -3.78. The lowest BCUT2D eigenvalue weighted by atomic mass is 10.1. The first-order chi connectivity index (χ1) is 12.7. The average molecular weight is 343 g/mol. The second kappa shape index (κ2) is 7.86. The number of amides is 1. The number of hydrogen-bond donors (Lipinski definition) is 2. The van der Waals surface area contributed by atoms with Crippen LogP contribution in [0.15, 0.2) is 78.5 Å². The van der Waals surface area contributed by atoms with Crippen molar-refractivity contribution in [2.75, 3.05) is 17.7 Å². The molecule has 5 heteroatoms. The van der Waals surface area contributed by atoms with Crippen LogP contribution in [0.1, 0.15) is 0 Å². The van der Waals surface area contributed by atoms with Crippen LogP contribution in [0.4, 0.5) is 11.4 Å². The van der Waals surface area contributed by atoms with Gasteiger partial charge in [0, 0.05) is 17.6 Å². The summed E-state index contributed by atoms with van der Waals surface area (Å²) < 4.78 is 5.07. The fourth-order valence-corrected chi connectivity index (χ4v) is 2.46. The highest BCUT2D eigenvalue weighted by molar-refractivity contribution is 6.06. The molecular weight excluding hydrogens is 326 g/mol. The smallest absolute Gasteiger partial charge is 0.267 e. The highest BCUT2D eigenvalue weighted by atomic mass is 16.5. The Kier molecular flexibility index (Phi) is 5.16. The van der Waals surface area contributed by atoms with Gasteiger partial charge in [0.1, 0.15) is 17.4 Å². The van der Waals surface area contributed by atoms with E-state index in [1.807, 2.05) is 48.5 Å². The first kappa shape index (κ1) is 17.1. The van der Waals surface area contributed by atoms with Crippen molar-refractivity contribution in [1.82, 2.24) is 0 Å². The Morgan fingerprint density at radius 1 is 1.00 bits per heavy atom. The predicted molar refractivity (Wildman–Crippen MR) is 103 cm³/mol. The highest BCUT2D eigenvalue weighted by Crippen LogP contribution is 2.19. The molecular formula is C21H17N3O2. The number of nitriles is 1. The van der Waals surface area contributed by atoms with Crippen LogP contribution < -0.4 is 15.4 Å². The van der Waals surface area contributed by atoms with Crippen LogP contribution in [-0.2, 0) is 4.79 Å². The van der Waals surface area contributed by atoms with Gasteiger partial charge in [-0.1, -0.05) is 30.3 Å². The molecule has 0 aromatic heterocycles. The molecule has 0 bridgehead atoms. The van der Waals surface area contributed by atoms with E-state index in [0.717, 1.165) is 16.5 Å². The van der Waals surface area contributed by atoms with Gasteiger partial charge in [-0.3, -0.25) is 4.79 Å². The van der Waals surface area contributed by atoms with Crippen LogP contribution in [0.25, 0.3) is 10.8 Å². The number of methoxy groups -OCH3 is 1. The molecule has 0 spiro atoms. The van der Waals surface area contributed by atoms with Crippen molar-refractivity contribution in [3.05, 3.63) is 78.5 Å². The highest BCUT2D eigenvalue weighted by Gasteiger charge is 2.09. The van der Waals surface area contributed by atoms with E-state index in [0.29, 0.717) is 11.4 Å². The molecule has 0 radical (unpaired) electrons. The van der Waals surface area contributed by atoms with Crippen molar-refractivity contribution in [3.8, 4) is 11.8 Å². The van der Waals surface area contributed by atoms with Gasteiger partial charge in [0.05, 0.1) is 7.11 Å². The zero-order chi connectivity index (χ0) is 18.4. The van der Waals surface area contributed by atoms with Crippen molar-refractivity contribution < 1.29 is 9.53 Å². The number of carbonyl (C=O) groups excluding carboxylic acids is 1. The third-order valence-electron chi connectivity index (χ3n) is 3.85. The normalized spacial score (nSPS) is 10.8. The summed E-state index contributed by atoms with van der Waals surface area (Å²) in [6.07, 6.45) is 1.41. The number of nitrogens with zero attached hydrogens (tertiary/aromatic N) is 1. The van der Waals surface area contributed by atoms with Crippen LogP contribution in [0.2, 0.25) is 0 Å². The van der Waals surface area contributed by atoms with Crippen LogP contribution in [0.5, 0.6) is 5.75 Å². The summed E-state index contributed by atoms with van der Waals surface area (Å²) in [7, 11) is 1.57. The number of anilines is 2. The summed E-state index contributed by atoms with van der Waals surface area (Å²) in [5.74, 6) is 0.211. The van der Waals surface area contributed by atoms with Crippen molar-refractivity contribution in [3.63, 3.8) is 0 Å². The van der Waals surface area contributed by atoms with Crippen molar-refractivity contribution in [1.29, 1.82) is 5.26 Å². The van der Waals surface area contributed by atoms with Crippen LogP contribution in [0, 0.1) is 11.3 Å². The van der Waals surface area contributed by atoms with Gasteiger partial charge in [-0.25, -0.2) is 0 Å². The van der Waals surface area contributed by atoms with E-state index < -0.39 is 5.91 Å². The van der Waals surface area contributed by atoms with E-state index in [2.05, 4.69) is 10.6 Å². The summed E-state index contributed by atoms with van der Waals surface area (Å²) in [6, 6.07) is 22.6. The van der Waals surface area contributed by atoms with Gasteiger partial charge in [-0.2, -0.15) is 5.26 Å². The summed E-state index contributed by atoms with van der Waals surface area (Å²) in [6.45, 7) is 0. The lowest BCUT2D eigenvalue weighted by Crippen LogP contribution is -2.14. The second-order valence-corrected chi connectivity index (χ2v) is 5.56. The largest absolute Gasteiger partial charge is 0.497 e. The van der Waals surface area contributed by atoms with E-state index in [4.69, 9.17) is 4.74 Å². The SMILES string of the molecule is COc1ccc(NC(=O)/C(C#N)=C\Nc2ccc3ccccc3c2)cc1. The van der Waals surface area contributed by atoms with Crippen molar-refractivity contribution in [2.45, 2.75) is 0 Å². The fourth-order valence-electron chi connectivity index (χ4n) is 2.46. The maximum Gasteiger partial charge on any atom is 0.267 e. The average Bonchev–Trinajstić information content (AvgIpc) is 2.69. The summed E-state index contributed by atoms with van der Waals surface area (Å²) in [5.41, 5.74) is 1.37. The summed E-state index contributed by atoms with van der Waals surface area (Å²) in [5, 5.41) is 17.2. The molecule has 0 aliphatic carbocycles. The van der Waals surface area contributed by atoms with Crippen LogP contribution >= 0.6 is 0 Å². The number of ether oxygens (including phenoxy) is 1. The third-order valence-corrected chi connectivity index (χ3v) is 3.85. The molecule has 1 amide bonds. The monoisotopic (exact) mass is 343 g/mol. The third kappa shape index (κ3) is 4.00. The molecule has 3 rings (SSSR count). The lowest BCUT2D eigenvalue weighted by Gasteiger charge is -2.07. The second-order valence-electron chi connectivity index (χ2n) is 5.56. The first-order valence-electron chi connectivity index (χ1n) is 8.00. The maximum atomic E-state index is 12.3. The molecule has 3 aromatic carbocycles. The quantitative estimate of drug-likeness (QED) is 0.535. The van der Waals surface area contributed by atoms with Crippen molar-refractivity contribution in [2.24, 2.45) is 0 Å². The minimum Gasteiger partial charge on any atom is -0.497 e. The Morgan fingerprint density at radius 3 is 2.38 bits per heavy atom. The van der Waals surface area contributed by atoms with Gasteiger partial charge in [0.25, 0.3) is 5.91 Å². The maximum absolute atomic E-state index is 12.3. The van der Waals surface area contributed by atoms with E-state index in [-0.39, 0.29) is 5.57 Å². The molecule has 0 aliphatic heterocycles. The Labute approximate surface area is 151 Å². The zero-order valence-corrected chi connectivity index (χ0v) is 14.2. The molecule has 0 heterocycles. The topological polar surface area (TPSA) is 74.1 Å². The van der Waals surface area contributed by atoms with Gasteiger partial charge >= 0.3 is 0 Å². The van der Waals surface area contributed by atoms with E-state index in [1.165, 1.54) is 6.20 Å². The molecule has 0 fully saturated rings. The van der Waals surface area contributed by atoms with Gasteiger partial charge in [-0.05, 0) is 47.2 Å². The van der Waals surface area contributed by atoms with Crippen LogP contribution in [-0.4, -0.2) is 13.0 Å². The Balaban J connectivity index is 1.71. The van der Waals surface area contributed by atoms with Crippen LogP contribution in [0.3, 0.4) is 0 Å². The number of rotatable bonds is 5. The summed E-state index contributed by atoms with van der Waals surface area (Å²) in [4.78, 5) is 12.3. The van der Waals surface area contributed by atoms with Gasteiger partial charge < -0.3 is 15.4 Å². The predicted octanol–water partition coefficient (Wildman–Crippen LogP) is 4.31. The van der Waals surface area contributed by atoms with Gasteiger partial charge in [0.15, 0.2) is 0 Å². The molecule has 0 saturated heterocycles. The number of nitrogens with one attached hydrogen (secondary N) is 2. The summed E-state index contributed by atoms with van der Waals surface area (Å²) >= 11 is 0. The Bertz CT molecular complexity index is 1000. The number of benzene rings is 3. The van der Waals surface area contributed by atoms with E-state index in [9.17, 15) is 10.1 Å². The molecule has 0 aliphatic rings. The molecule has 2 N–H and O–H groups in total. The minimum absolute atomic E-state index is 0.0195. The fraction of sp³-hybridized carbons (Fsp3) is 0.0476. The van der Waals surface area contributed by atoms with E-state index >= 15 is 0 Å². The standard InChI is InChI=1S/C21H17N3O2/c1-26-20-10-8-18(9-11-20)24-21(25)17(13-22)14-23-19-7-6-15-4-2-3-5-16(15)12-19/h2-12,14,23H,1H3,(H,24,25)/b17-14-. The molecule has 0 atom stereocenters. The molecule has 0 saturated carbocycles. The molecule has 5 nitrogen and oxygen atoms in total. The lowest BCUT2D eigenvalue weighted by molar-refractivity contribution is -0.112. The molecule has 3 aromatic rings. The first-order valence-corrected chi connectivity index (χ1v) is 8.00.